The van der Waals surface area contributed by atoms with Crippen LogP contribution < -0.4 is 4.90 Å². The zero-order valence-corrected chi connectivity index (χ0v) is 18.5. The summed E-state index contributed by atoms with van der Waals surface area (Å²) in [6.07, 6.45) is 3.04. The van der Waals surface area contributed by atoms with Crippen molar-refractivity contribution in [2.75, 3.05) is 31.1 Å². The Bertz CT molecular complexity index is 1170. The largest absolute Gasteiger partial charge is 0.307 e. The lowest BCUT2D eigenvalue weighted by molar-refractivity contribution is -0.384. The van der Waals surface area contributed by atoms with Crippen molar-refractivity contribution in [2.45, 2.75) is 24.7 Å². The van der Waals surface area contributed by atoms with Crippen LogP contribution in [0.3, 0.4) is 0 Å². The number of piperidine rings is 1. The third kappa shape index (κ3) is 4.14. The van der Waals surface area contributed by atoms with Gasteiger partial charge in [-0.3, -0.25) is 14.9 Å². The van der Waals surface area contributed by atoms with Gasteiger partial charge in [-0.1, -0.05) is 54.6 Å². The molecule has 2 aliphatic rings. The lowest BCUT2D eigenvalue weighted by Crippen LogP contribution is -2.46. The molecule has 0 bridgehead atoms. The summed E-state index contributed by atoms with van der Waals surface area (Å²) >= 11 is 0. The predicted octanol–water partition coefficient (Wildman–Crippen LogP) is 4.83. The topological polar surface area (TPSA) is 66.7 Å². The van der Waals surface area contributed by atoms with Gasteiger partial charge >= 0.3 is 0 Å². The van der Waals surface area contributed by atoms with E-state index < -0.39 is 4.92 Å². The summed E-state index contributed by atoms with van der Waals surface area (Å²) in [6.45, 7) is 3.67. The monoisotopic (exact) mass is 441 g/mol. The Morgan fingerprint density at radius 1 is 0.939 bits per heavy atom. The molecule has 2 heterocycles. The summed E-state index contributed by atoms with van der Waals surface area (Å²) in [7, 11) is 0. The first-order chi connectivity index (χ1) is 16.1. The van der Waals surface area contributed by atoms with Crippen molar-refractivity contribution < 1.29 is 9.72 Å². The Hall–Kier alpha value is -3.51. The van der Waals surface area contributed by atoms with E-state index in [9.17, 15) is 14.9 Å². The van der Waals surface area contributed by atoms with E-state index in [0.29, 0.717) is 12.1 Å². The van der Waals surface area contributed by atoms with Gasteiger partial charge in [0.05, 0.1) is 4.92 Å². The molecular formula is C27H27N3O3. The van der Waals surface area contributed by atoms with Gasteiger partial charge in [0.1, 0.15) is 0 Å². The number of non-ortho nitro benzene ring substituents is 1. The summed E-state index contributed by atoms with van der Waals surface area (Å²) in [5, 5.41) is 11.2. The van der Waals surface area contributed by atoms with Crippen molar-refractivity contribution in [1.82, 2.24) is 4.90 Å². The SMILES string of the molecule is O=C(c1cccc([N+](=O)[O-])c1)N1CC2(CCN(CCc3ccccc3)CC2)c2ccccc21. The van der Waals surface area contributed by atoms with Gasteiger partial charge in [0.2, 0.25) is 0 Å². The zero-order chi connectivity index (χ0) is 22.8. The molecule has 1 fully saturated rings. The highest BCUT2D eigenvalue weighted by Gasteiger charge is 2.46. The number of nitro benzene ring substituents is 1. The van der Waals surface area contributed by atoms with Crippen molar-refractivity contribution in [3.8, 4) is 0 Å². The van der Waals surface area contributed by atoms with Crippen LogP contribution in [0.25, 0.3) is 0 Å². The van der Waals surface area contributed by atoms with Gasteiger partial charge < -0.3 is 9.80 Å². The van der Waals surface area contributed by atoms with Gasteiger partial charge in [0.15, 0.2) is 0 Å². The van der Waals surface area contributed by atoms with Gasteiger partial charge in [-0.2, -0.15) is 0 Å². The maximum Gasteiger partial charge on any atom is 0.270 e. The van der Waals surface area contributed by atoms with Crippen molar-refractivity contribution in [3.63, 3.8) is 0 Å². The molecule has 6 heteroatoms. The molecule has 1 amide bonds. The molecular weight excluding hydrogens is 414 g/mol. The van der Waals surface area contributed by atoms with Crippen LogP contribution >= 0.6 is 0 Å². The third-order valence-electron chi connectivity index (χ3n) is 7.15. The number of benzene rings is 3. The Balaban J connectivity index is 1.33. The number of para-hydroxylation sites is 1. The van der Waals surface area contributed by atoms with E-state index in [0.717, 1.165) is 44.6 Å². The maximum atomic E-state index is 13.4. The van der Waals surface area contributed by atoms with Crippen LogP contribution in [-0.2, 0) is 11.8 Å². The second-order valence-electron chi connectivity index (χ2n) is 9.07. The highest BCUT2D eigenvalue weighted by Crippen LogP contribution is 2.47. The van der Waals surface area contributed by atoms with Crippen molar-refractivity contribution in [2.24, 2.45) is 0 Å². The number of rotatable bonds is 5. The van der Waals surface area contributed by atoms with Crippen LogP contribution in [0.4, 0.5) is 11.4 Å². The van der Waals surface area contributed by atoms with Crippen molar-refractivity contribution in [1.29, 1.82) is 0 Å². The van der Waals surface area contributed by atoms with Gasteiger partial charge in [-0.15, -0.1) is 0 Å². The van der Waals surface area contributed by atoms with Crippen molar-refractivity contribution in [3.05, 3.63) is 106 Å². The molecule has 0 unspecified atom stereocenters. The lowest BCUT2D eigenvalue weighted by Gasteiger charge is -2.40. The molecule has 0 saturated carbocycles. The number of nitrogens with zero attached hydrogens (tertiary/aromatic N) is 3. The average Bonchev–Trinajstić information content (AvgIpc) is 3.18. The molecule has 2 aliphatic heterocycles. The molecule has 0 atom stereocenters. The molecule has 33 heavy (non-hydrogen) atoms. The van der Waals surface area contributed by atoms with E-state index in [-0.39, 0.29) is 17.0 Å². The number of carbonyl (C=O) groups is 1. The number of hydrogen-bond acceptors (Lipinski definition) is 4. The van der Waals surface area contributed by atoms with E-state index in [2.05, 4.69) is 35.2 Å². The number of nitro groups is 1. The number of amides is 1. The molecule has 168 valence electrons. The summed E-state index contributed by atoms with van der Waals surface area (Å²) in [6, 6.07) is 24.8. The Labute approximate surface area is 193 Å². The molecule has 1 saturated heterocycles. The molecule has 0 aliphatic carbocycles. The van der Waals surface area contributed by atoms with E-state index >= 15 is 0 Å². The van der Waals surface area contributed by atoms with E-state index in [1.165, 1.54) is 23.3 Å². The molecule has 5 rings (SSSR count). The molecule has 3 aromatic rings. The Morgan fingerprint density at radius 2 is 1.67 bits per heavy atom. The van der Waals surface area contributed by atoms with Crippen LogP contribution in [0.2, 0.25) is 0 Å². The normalized spacial score (nSPS) is 17.2. The van der Waals surface area contributed by atoms with Gasteiger partial charge in [-0.25, -0.2) is 0 Å². The number of fused-ring (bicyclic) bond motifs is 2. The molecule has 0 N–H and O–H groups in total. The second-order valence-corrected chi connectivity index (χ2v) is 9.07. The van der Waals surface area contributed by atoms with Crippen LogP contribution in [0.1, 0.15) is 34.3 Å². The predicted molar refractivity (Wildman–Crippen MR) is 129 cm³/mol. The quantitative estimate of drug-likeness (QED) is 0.420. The minimum Gasteiger partial charge on any atom is -0.307 e. The first kappa shape index (κ1) is 21.3. The van der Waals surface area contributed by atoms with Gasteiger partial charge in [-0.05, 0) is 55.6 Å². The van der Waals surface area contributed by atoms with Crippen LogP contribution in [-0.4, -0.2) is 41.9 Å². The first-order valence-electron chi connectivity index (χ1n) is 11.5. The zero-order valence-electron chi connectivity index (χ0n) is 18.5. The Kier molecular flexibility index (Phi) is 5.68. The Morgan fingerprint density at radius 3 is 2.42 bits per heavy atom. The fraction of sp³-hybridized carbons (Fsp3) is 0.296. The third-order valence-corrected chi connectivity index (χ3v) is 7.15. The highest BCUT2D eigenvalue weighted by molar-refractivity contribution is 6.08. The van der Waals surface area contributed by atoms with Crippen LogP contribution in [0, 0.1) is 10.1 Å². The van der Waals surface area contributed by atoms with E-state index in [1.807, 2.05) is 29.2 Å². The minimum absolute atomic E-state index is 0.0593. The average molecular weight is 442 g/mol. The molecule has 0 radical (unpaired) electrons. The second kappa shape index (κ2) is 8.79. The van der Waals surface area contributed by atoms with E-state index in [4.69, 9.17) is 0 Å². The van der Waals surface area contributed by atoms with Crippen LogP contribution in [0.5, 0.6) is 0 Å². The van der Waals surface area contributed by atoms with E-state index in [1.54, 1.807) is 12.1 Å². The van der Waals surface area contributed by atoms with Gasteiger partial charge in [0, 0.05) is 41.9 Å². The summed E-state index contributed by atoms with van der Waals surface area (Å²) in [4.78, 5) is 28.5. The number of anilines is 1. The number of carbonyl (C=O) groups excluding carboxylic acids is 1. The number of likely N-dealkylation sites (tertiary alicyclic amines) is 1. The standard InChI is InChI=1S/C27H27N3O3/c31-26(22-9-6-10-23(19-22)30(32)33)29-20-27(24-11-4-5-12-25(24)29)14-17-28(18-15-27)16-13-21-7-2-1-3-8-21/h1-12,19H,13-18,20H2. The summed E-state index contributed by atoms with van der Waals surface area (Å²) in [5.74, 6) is -0.172. The molecule has 1 spiro atoms. The van der Waals surface area contributed by atoms with Gasteiger partial charge in [0.25, 0.3) is 11.6 Å². The molecule has 3 aromatic carbocycles. The smallest absolute Gasteiger partial charge is 0.270 e. The summed E-state index contributed by atoms with van der Waals surface area (Å²) < 4.78 is 0. The van der Waals surface area contributed by atoms with Crippen molar-refractivity contribution >= 4 is 17.3 Å². The minimum atomic E-state index is -0.457. The van der Waals surface area contributed by atoms with Crippen LogP contribution in [0.15, 0.2) is 78.9 Å². The fourth-order valence-corrected chi connectivity index (χ4v) is 5.28. The number of hydrogen-bond donors (Lipinski definition) is 0. The highest BCUT2D eigenvalue weighted by atomic mass is 16.6. The molecule has 0 aromatic heterocycles. The maximum absolute atomic E-state index is 13.4. The lowest BCUT2D eigenvalue weighted by atomic mass is 9.74. The first-order valence-corrected chi connectivity index (χ1v) is 11.5. The fourth-order valence-electron chi connectivity index (χ4n) is 5.28. The molecule has 6 nitrogen and oxygen atoms in total. The summed E-state index contributed by atoms with van der Waals surface area (Å²) in [5.41, 5.74) is 3.76.